The third-order valence-electron chi connectivity index (χ3n) is 2.03. The number of hydrogen-bond donors (Lipinski definition) is 0. The number of likely N-dealkylation sites (tertiary alicyclic amines) is 1. The Labute approximate surface area is 99.9 Å². The molecule has 0 aliphatic carbocycles. The maximum Gasteiger partial charge on any atom is 0.413 e. The summed E-state index contributed by atoms with van der Waals surface area (Å²) in [5.74, 6) is -0.680. The first-order valence-electron chi connectivity index (χ1n) is 5.37. The zero-order chi connectivity index (χ0) is 13.2. The van der Waals surface area contributed by atoms with Gasteiger partial charge in [-0.25, -0.2) is 4.79 Å². The Morgan fingerprint density at radius 1 is 1.35 bits per heavy atom. The average molecular weight is 243 g/mol. The smallest absolute Gasteiger partial charge is 0.413 e. The maximum absolute atomic E-state index is 11.8. The summed E-state index contributed by atoms with van der Waals surface area (Å²) in [7, 11) is 0. The molecule has 0 saturated carbocycles. The van der Waals surface area contributed by atoms with Crippen LogP contribution in [-0.4, -0.2) is 41.1 Å². The molecule has 0 aromatic rings. The summed E-state index contributed by atoms with van der Waals surface area (Å²) in [5, 5.41) is 0. The number of Topliss-reactive ketones (excluding diaryl/α,β-unsaturated/α-hetero) is 1. The van der Waals surface area contributed by atoms with Gasteiger partial charge in [0.25, 0.3) is 0 Å². The molecule has 0 bridgehead atoms. The van der Waals surface area contributed by atoms with Gasteiger partial charge in [0.1, 0.15) is 5.60 Å². The van der Waals surface area contributed by atoms with Crippen LogP contribution in [0, 0.1) is 0 Å². The number of amides is 1. The molecule has 6 nitrogen and oxygen atoms in total. The van der Waals surface area contributed by atoms with Gasteiger partial charge >= 0.3 is 12.1 Å². The van der Waals surface area contributed by atoms with Crippen molar-refractivity contribution in [1.29, 1.82) is 0 Å². The molecule has 0 aromatic heterocycles. The highest BCUT2D eigenvalue weighted by atomic mass is 16.6. The van der Waals surface area contributed by atoms with Gasteiger partial charge in [-0.05, 0) is 20.8 Å². The maximum atomic E-state index is 11.8. The van der Waals surface area contributed by atoms with Gasteiger partial charge in [-0.2, -0.15) is 0 Å². The molecular weight excluding hydrogens is 226 g/mol. The highest BCUT2D eigenvalue weighted by Gasteiger charge is 2.38. The first-order chi connectivity index (χ1) is 7.69. The Morgan fingerprint density at radius 2 is 1.94 bits per heavy atom. The molecule has 1 rings (SSSR count). The van der Waals surface area contributed by atoms with E-state index < -0.39 is 23.9 Å². The Hall–Kier alpha value is -1.59. The van der Waals surface area contributed by atoms with E-state index in [4.69, 9.17) is 9.47 Å². The van der Waals surface area contributed by atoms with Crippen molar-refractivity contribution < 1.29 is 23.9 Å². The van der Waals surface area contributed by atoms with E-state index >= 15 is 0 Å². The summed E-state index contributed by atoms with van der Waals surface area (Å²) >= 11 is 0. The van der Waals surface area contributed by atoms with E-state index in [-0.39, 0.29) is 18.7 Å². The summed E-state index contributed by atoms with van der Waals surface area (Å²) in [6, 6.07) is 0. The van der Waals surface area contributed by atoms with E-state index in [9.17, 15) is 14.4 Å². The second-order valence-electron chi connectivity index (χ2n) is 4.92. The number of rotatable bonds is 1. The number of carbonyl (C=O) groups is 3. The van der Waals surface area contributed by atoms with Crippen molar-refractivity contribution in [1.82, 2.24) is 4.90 Å². The molecule has 1 saturated heterocycles. The van der Waals surface area contributed by atoms with Crippen molar-refractivity contribution in [3.05, 3.63) is 0 Å². The monoisotopic (exact) mass is 243 g/mol. The Kier molecular flexibility index (Phi) is 3.75. The van der Waals surface area contributed by atoms with E-state index in [1.54, 1.807) is 20.8 Å². The van der Waals surface area contributed by atoms with Crippen LogP contribution in [0.3, 0.4) is 0 Å². The van der Waals surface area contributed by atoms with Crippen LogP contribution >= 0.6 is 0 Å². The third kappa shape index (κ3) is 4.05. The number of hydrogen-bond acceptors (Lipinski definition) is 5. The molecule has 0 aromatic carbocycles. The zero-order valence-electron chi connectivity index (χ0n) is 10.5. The summed E-state index contributed by atoms with van der Waals surface area (Å²) in [5.41, 5.74) is -0.649. The van der Waals surface area contributed by atoms with Crippen molar-refractivity contribution >= 4 is 17.8 Å². The van der Waals surface area contributed by atoms with Crippen molar-refractivity contribution in [3.8, 4) is 0 Å². The quantitative estimate of drug-likeness (QED) is 0.644. The Bertz CT molecular complexity index is 344. The van der Waals surface area contributed by atoms with E-state index in [0.717, 1.165) is 4.90 Å². The summed E-state index contributed by atoms with van der Waals surface area (Å²) in [4.78, 5) is 35.0. The minimum absolute atomic E-state index is 0.0266. The molecule has 1 amide bonds. The number of esters is 1. The van der Waals surface area contributed by atoms with Crippen LogP contribution in [0.15, 0.2) is 0 Å². The largest absolute Gasteiger partial charge is 0.444 e. The average Bonchev–Trinajstić information content (AvgIpc) is 2.42. The van der Waals surface area contributed by atoms with Crippen LogP contribution in [0.4, 0.5) is 4.79 Å². The Balaban J connectivity index is 2.70. The molecule has 0 radical (unpaired) electrons. The summed E-state index contributed by atoms with van der Waals surface area (Å²) < 4.78 is 10.0. The first kappa shape index (κ1) is 13.5. The van der Waals surface area contributed by atoms with Crippen LogP contribution in [0.1, 0.15) is 34.1 Å². The number of nitrogens with zero attached hydrogens (tertiary/aromatic N) is 1. The van der Waals surface area contributed by atoms with Gasteiger partial charge < -0.3 is 9.47 Å². The molecule has 1 aliphatic heterocycles. The fourth-order valence-corrected chi connectivity index (χ4v) is 1.46. The first-order valence-corrected chi connectivity index (χ1v) is 5.37. The topological polar surface area (TPSA) is 72.9 Å². The number of ether oxygens (including phenoxy) is 2. The van der Waals surface area contributed by atoms with E-state index in [2.05, 4.69) is 0 Å². The lowest BCUT2D eigenvalue weighted by Gasteiger charge is -2.27. The molecule has 17 heavy (non-hydrogen) atoms. The molecule has 6 heteroatoms. The lowest BCUT2D eigenvalue weighted by atomic mass is 10.2. The molecule has 1 aliphatic rings. The molecular formula is C11H17NO5. The SMILES string of the molecule is CC(=O)O[C@H]1CC(=O)CN1C(=O)OC(C)(C)C. The van der Waals surface area contributed by atoms with Crippen LogP contribution in [0.25, 0.3) is 0 Å². The van der Waals surface area contributed by atoms with Gasteiger partial charge in [0, 0.05) is 6.92 Å². The molecule has 1 heterocycles. The van der Waals surface area contributed by atoms with Crippen LogP contribution in [-0.2, 0) is 19.1 Å². The predicted octanol–water partition coefficient (Wildman–Crippen LogP) is 1.09. The third-order valence-corrected chi connectivity index (χ3v) is 2.03. The fraction of sp³-hybridized carbons (Fsp3) is 0.727. The van der Waals surface area contributed by atoms with Gasteiger partial charge in [0.05, 0.1) is 13.0 Å². The molecule has 96 valence electrons. The zero-order valence-corrected chi connectivity index (χ0v) is 10.5. The van der Waals surface area contributed by atoms with Crippen LogP contribution in [0.2, 0.25) is 0 Å². The lowest BCUT2D eigenvalue weighted by Crippen LogP contribution is -2.41. The molecule has 1 fully saturated rings. The van der Waals surface area contributed by atoms with Crippen molar-refractivity contribution in [2.75, 3.05) is 6.54 Å². The minimum Gasteiger partial charge on any atom is -0.444 e. The second-order valence-corrected chi connectivity index (χ2v) is 4.92. The van der Waals surface area contributed by atoms with Gasteiger partial charge in [0.2, 0.25) is 0 Å². The predicted molar refractivity (Wildman–Crippen MR) is 58.1 cm³/mol. The van der Waals surface area contributed by atoms with Crippen LogP contribution < -0.4 is 0 Å². The molecule has 0 unspecified atom stereocenters. The summed E-state index contributed by atoms with van der Waals surface area (Å²) in [6.07, 6.45) is -1.46. The molecule has 0 spiro atoms. The van der Waals surface area contributed by atoms with E-state index in [0.29, 0.717) is 0 Å². The standard InChI is InChI=1S/C11H17NO5/c1-7(13)16-9-5-8(14)6-12(9)10(15)17-11(2,3)4/h9H,5-6H2,1-4H3/t9-/m0/s1. The van der Waals surface area contributed by atoms with Gasteiger partial charge in [0.15, 0.2) is 12.0 Å². The highest BCUT2D eigenvalue weighted by molar-refractivity contribution is 5.88. The Morgan fingerprint density at radius 3 is 2.41 bits per heavy atom. The number of ketones is 1. The fourth-order valence-electron chi connectivity index (χ4n) is 1.46. The van der Waals surface area contributed by atoms with Gasteiger partial charge in [-0.15, -0.1) is 0 Å². The van der Waals surface area contributed by atoms with Crippen molar-refractivity contribution in [3.63, 3.8) is 0 Å². The van der Waals surface area contributed by atoms with E-state index in [1.807, 2.05) is 0 Å². The molecule has 1 atom stereocenters. The van der Waals surface area contributed by atoms with Crippen molar-refractivity contribution in [2.24, 2.45) is 0 Å². The van der Waals surface area contributed by atoms with E-state index in [1.165, 1.54) is 6.92 Å². The second kappa shape index (κ2) is 4.73. The lowest BCUT2D eigenvalue weighted by molar-refractivity contribution is -0.152. The minimum atomic E-state index is -0.838. The van der Waals surface area contributed by atoms with Crippen molar-refractivity contribution in [2.45, 2.75) is 45.9 Å². The molecule has 0 N–H and O–H groups in total. The van der Waals surface area contributed by atoms with Gasteiger partial charge in [-0.3, -0.25) is 14.5 Å². The summed E-state index contributed by atoms with van der Waals surface area (Å²) in [6.45, 7) is 6.33. The van der Waals surface area contributed by atoms with Crippen LogP contribution in [0.5, 0.6) is 0 Å². The highest BCUT2D eigenvalue weighted by Crippen LogP contribution is 2.19. The number of carbonyl (C=O) groups excluding carboxylic acids is 3. The normalized spacial score (nSPS) is 20.4. The van der Waals surface area contributed by atoms with Gasteiger partial charge in [-0.1, -0.05) is 0 Å².